The summed E-state index contributed by atoms with van der Waals surface area (Å²) >= 11 is 0. The molecule has 3 aromatic rings. The molecule has 1 N–H and O–H groups in total. The molecule has 0 saturated carbocycles. The van der Waals surface area contributed by atoms with E-state index in [1.807, 2.05) is 44.2 Å². The van der Waals surface area contributed by atoms with E-state index in [4.69, 9.17) is 9.05 Å². The van der Waals surface area contributed by atoms with Gasteiger partial charge in [-0.1, -0.05) is 40.6 Å². The van der Waals surface area contributed by atoms with Crippen LogP contribution in [0, 0.1) is 13.8 Å². The van der Waals surface area contributed by atoms with Crippen molar-refractivity contribution in [3.63, 3.8) is 0 Å². The molecule has 0 aliphatic rings. The van der Waals surface area contributed by atoms with E-state index in [9.17, 15) is 4.79 Å². The van der Waals surface area contributed by atoms with Crippen molar-refractivity contribution in [1.29, 1.82) is 0 Å². The van der Waals surface area contributed by atoms with Crippen LogP contribution in [-0.4, -0.2) is 16.2 Å². The first-order chi connectivity index (χ1) is 11.1. The minimum atomic E-state index is -0.138. The average Bonchev–Trinajstić information content (AvgIpc) is 3.12. The van der Waals surface area contributed by atoms with Crippen molar-refractivity contribution in [3.05, 3.63) is 59.2 Å². The zero-order chi connectivity index (χ0) is 16.2. The lowest BCUT2D eigenvalue weighted by Gasteiger charge is -2.05. The Kier molecular flexibility index (Phi) is 4.23. The van der Waals surface area contributed by atoms with Gasteiger partial charge in [-0.25, -0.2) is 0 Å². The molecule has 1 aromatic carbocycles. The van der Waals surface area contributed by atoms with Gasteiger partial charge in [0.05, 0.1) is 12.1 Å². The van der Waals surface area contributed by atoms with Crippen LogP contribution in [0.25, 0.3) is 11.3 Å². The first-order valence-corrected chi connectivity index (χ1v) is 7.33. The fourth-order valence-corrected chi connectivity index (χ4v) is 2.33. The Balaban J connectivity index is 1.69. The summed E-state index contributed by atoms with van der Waals surface area (Å²) in [5.74, 6) is 1.10. The molecule has 2 heterocycles. The number of nitrogens with one attached hydrogen (secondary N) is 1. The van der Waals surface area contributed by atoms with Gasteiger partial charge in [-0.2, -0.15) is 0 Å². The smallest absolute Gasteiger partial charge is 0.228 e. The summed E-state index contributed by atoms with van der Waals surface area (Å²) in [4.78, 5) is 12.0. The number of carbonyl (C=O) groups excluding carboxylic acids is 1. The third-order valence-corrected chi connectivity index (χ3v) is 3.51. The molecule has 23 heavy (non-hydrogen) atoms. The van der Waals surface area contributed by atoms with Gasteiger partial charge in [-0.15, -0.1) is 0 Å². The van der Waals surface area contributed by atoms with E-state index >= 15 is 0 Å². The van der Waals surface area contributed by atoms with Crippen molar-refractivity contribution >= 4 is 5.91 Å². The van der Waals surface area contributed by atoms with Crippen molar-refractivity contribution in [1.82, 2.24) is 15.6 Å². The topological polar surface area (TPSA) is 81.2 Å². The van der Waals surface area contributed by atoms with Crippen molar-refractivity contribution in [2.24, 2.45) is 0 Å². The summed E-state index contributed by atoms with van der Waals surface area (Å²) in [5, 5.41) is 10.7. The Labute approximate surface area is 133 Å². The highest BCUT2D eigenvalue weighted by atomic mass is 16.5. The van der Waals surface area contributed by atoms with Crippen LogP contribution in [0.3, 0.4) is 0 Å². The lowest BCUT2D eigenvalue weighted by molar-refractivity contribution is -0.120. The zero-order valence-corrected chi connectivity index (χ0v) is 13.0. The van der Waals surface area contributed by atoms with Crippen molar-refractivity contribution in [3.8, 4) is 11.3 Å². The number of hydrogen-bond acceptors (Lipinski definition) is 5. The van der Waals surface area contributed by atoms with Crippen LogP contribution in [0.5, 0.6) is 0 Å². The van der Waals surface area contributed by atoms with E-state index in [0.717, 1.165) is 22.5 Å². The third kappa shape index (κ3) is 3.48. The molecule has 0 bridgehead atoms. The molecule has 6 nitrogen and oxygen atoms in total. The fourth-order valence-electron chi connectivity index (χ4n) is 2.33. The van der Waals surface area contributed by atoms with Crippen LogP contribution in [0.15, 0.2) is 45.4 Å². The number of nitrogens with zero attached hydrogens (tertiary/aromatic N) is 2. The van der Waals surface area contributed by atoms with Crippen LogP contribution in [0.1, 0.15) is 22.8 Å². The molecule has 3 rings (SSSR count). The van der Waals surface area contributed by atoms with Gasteiger partial charge in [-0.05, 0) is 13.8 Å². The molecule has 0 radical (unpaired) electrons. The molecule has 0 unspecified atom stereocenters. The lowest BCUT2D eigenvalue weighted by Crippen LogP contribution is -2.24. The lowest BCUT2D eigenvalue weighted by atomic mass is 10.1. The Morgan fingerprint density at radius 3 is 2.61 bits per heavy atom. The highest BCUT2D eigenvalue weighted by Crippen LogP contribution is 2.24. The first kappa shape index (κ1) is 15.0. The summed E-state index contributed by atoms with van der Waals surface area (Å²) in [6.45, 7) is 4.00. The molecule has 0 aliphatic heterocycles. The largest absolute Gasteiger partial charge is 0.361 e. The molecule has 2 aromatic heterocycles. The van der Waals surface area contributed by atoms with Crippen LogP contribution in [0.4, 0.5) is 0 Å². The van der Waals surface area contributed by atoms with Crippen molar-refractivity contribution in [2.75, 3.05) is 0 Å². The van der Waals surface area contributed by atoms with E-state index in [2.05, 4.69) is 15.6 Å². The molecule has 118 valence electrons. The van der Waals surface area contributed by atoms with E-state index in [0.29, 0.717) is 18.1 Å². The molecule has 0 spiro atoms. The summed E-state index contributed by atoms with van der Waals surface area (Å²) < 4.78 is 10.3. The van der Waals surface area contributed by atoms with E-state index in [1.54, 1.807) is 6.07 Å². The highest BCUT2D eigenvalue weighted by Gasteiger charge is 2.16. The summed E-state index contributed by atoms with van der Waals surface area (Å²) in [7, 11) is 0. The summed E-state index contributed by atoms with van der Waals surface area (Å²) in [6, 6.07) is 11.5. The van der Waals surface area contributed by atoms with Crippen molar-refractivity contribution in [2.45, 2.75) is 26.8 Å². The average molecular weight is 311 g/mol. The predicted octanol–water partition coefficient (Wildman–Crippen LogP) is 2.81. The maximum atomic E-state index is 12.0. The number of amides is 1. The van der Waals surface area contributed by atoms with E-state index < -0.39 is 0 Å². The Hall–Kier alpha value is -2.89. The van der Waals surface area contributed by atoms with Gasteiger partial charge in [0.15, 0.2) is 0 Å². The zero-order valence-electron chi connectivity index (χ0n) is 13.0. The molecule has 0 saturated heterocycles. The second-order valence-corrected chi connectivity index (χ2v) is 5.32. The van der Waals surface area contributed by atoms with Crippen LogP contribution < -0.4 is 5.32 Å². The second kappa shape index (κ2) is 6.48. The molecule has 6 heteroatoms. The third-order valence-electron chi connectivity index (χ3n) is 3.51. The second-order valence-electron chi connectivity index (χ2n) is 5.32. The van der Waals surface area contributed by atoms with Gasteiger partial charge >= 0.3 is 0 Å². The maximum Gasteiger partial charge on any atom is 0.228 e. The minimum Gasteiger partial charge on any atom is -0.361 e. The number of aryl methyl sites for hydroxylation is 2. The molecule has 0 fully saturated rings. The van der Waals surface area contributed by atoms with Gasteiger partial charge in [0, 0.05) is 23.7 Å². The van der Waals surface area contributed by atoms with E-state index in [-0.39, 0.29) is 12.3 Å². The van der Waals surface area contributed by atoms with E-state index in [1.165, 1.54) is 0 Å². The fraction of sp³-hybridized carbons (Fsp3) is 0.235. The number of aromatic nitrogens is 2. The number of benzene rings is 1. The van der Waals surface area contributed by atoms with Gasteiger partial charge in [0.1, 0.15) is 17.2 Å². The first-order valence-electron chi connectivity index (χ1n) is 7.33. The van der Waals surface area contributed by atoms with Gasteiger partial charge < -0.3 is 14.4 Å². The minimum absolute atomic E-state index is 0.138. The quantitative estimate of drug-likeness (QED) is 0.783. The predicted molar refractivity (Wildman–Crippen MR) is 83.5 cm³/mol. The Morgan fingerprint density at radius 2 is 1.91 bits per heavy atom. The molecule has 0 aliphatic carbocycles. The molecule has 1 amide bonds. The van der Waals surface area contributed by atoms with Gasteiger partial charge in [0.2, 0.25) is 5.91 Å². The van der Waals surface area contributed by atoms with Crippen LogP contribution >= 0.6 is 0 Å². The summed E-state index contributed by atoms with van der Waals surface area (Å²) in [6.07, 6.45) is 0.159. The molecular formula is C17H17N3O3. The molecular weight excluding hydrogens is 294 g/mol. The monoisotopic (exact) mass is 311 g/mol. The Morgan fingerprint density at radius 1 is 1.13 bits per heavy atom. The molecule has 0 atom stereocenters. The van der Waals surface area contributed by atoms with Crippen molar-refractivity contribution < 1.29 is 13.8 Å². The SMILES string of the molecule is Cc1cc(CC(=O)NCc2c(-c3ccccc3)noc2C)on1. The highest BCUT2D eigenvalue weighted by molar-refractivity contribution is 5.78. The van der Waals surface area contributed by atoms with Gasteiger partial charge in [0.25, 0.3) is 0 Å². The van der Waals surface area contributed by atoms with Crippen LogP contribution in [-0.2, 0) is 17.8 Å². The number of hydrogen-bond donors (Lipinski definition) is 1. The summed E-state index contributed by atoms with van der Waals surface area (Å²) in [5.41, 5.74) is 3.34. The normalized spacial score (nSPS) is 10.7. The number of carbonyl (C=O) groups is 1. The standard InChI is InChI=1S/C17H17N3O3/c1-11-8-14(23-19-11)9-16(21)18-10-15-12(2)22-20-17(15)13-6-4-3-5-7-13/h3-8H,9-10H2,1-2H3,(H,18,21). The maximum absolute atomic E-state index is 12.0. The van der Waals surface area contributed by atoms with Crippen LogP contribution in [0.2, 0.25) is 0 Å². The number of rotatable bonds is 5. The van der Waals surface area contributed by atoms with Gasteiger partial charge in [-0.3, -0.25) is 4.79 Å². The Bertz CT molecular complexity index is 806.